The summed E-state index contributed by atoms with van der Waals surface area (Å²) in [6, 6.07) is -0.419. The summed E-state index contributed by atoms with van der Waals surface area (Å²) in [5.74, 6) is 1.31. The molecule has 6 rings (SSSR count). The third-order valence-electron chi connectivity index (χ3n) is 8.73. The molecule has 1 atom stereocenters. The second kappa shape index (κ2) is 7.59. The average Bonchev–Trinajstić information content (AvgIpc) is 2.94. The number of urea groups is 1. The fraction of sp³-hybridized carbons (Fsp3) is 0.833. The number of Topliss-reactive ketones (excluding diaryl/α,β-unsaturated/α-hetero) is 1. The van der Waals surface area contributed by atoms with Crippen molar-refractivity contribution in [2.45, 2.75) is 95.6 Å². The number of carbonyl (C=O) groups excluding carboxylic acids is 4. The molecule has 1 spiro atoms. The first-order valence-corrected chi connectivity index (χ1v) is 12.2. The van der Waals surface area contributed by atoms with Crippen molar-refractivity contribution in [3.8, 4) is 0 Å². The number of hydrogen-bond acceptors (Lipinski definition) is 5. The summed E-state index contributed by atoms with van der Waals surface area (Å²) in [5, 5.41) is 2.86. The van der Waals surface area contributed by atoms with Crippen molar-refractivity contribution in [1.82, 2.24) is 10.2 Å². The topological polar surface area (TPSA) is 92.8 Å². The van der Waals surface area contributed by atoms with Crippen LogP contribution in [0, 0.1) is 23.2 Å². The van der Waals surface area contributed by atoms with Gasteiger partial charge in [0.15, 0.2) is 11.9 Å². The number of ether oxygens (including phenoxy) is 1. The van der Waals surface area contributed by atoms with Crippen LogP contribution in [0.4, 0.5) is 4.79 Å². The highest BCUT2D eigenvalue weighted by molar-refractivity contribution is 6.07. The number of carbonyl (C=O) groups is 4. The molecule has 0 aromatic rings. The van der Waals surface area contributed by atoms with Gasteiger partial charge < -0.3 is 10.1 Å². The van der Waals surface area contributed by atoms with Crippen LogP contribution in [-0.4, -0.2) is 46.8 Å². The summed E-state index contributed by atoms with van der Waals surface area (Å²) in [5.41, 5.74) is -1.08. The van der Waals surface area contributed by atoms with Gasteiger partial charge in [-0.05, 0) is 76.0 Å². The molecule has 1 saturated heterocycles. The molecule has 0 radical (unpaired) electrons. The maximum atomic E-state index is 13.3. The molecule has 6 aliphatic rings. The number of hydrogen-bond donors (Lipinski definition) is 1. The Hall–Kier alpha value is -1.92. The maximum Gasteiger partial charge on any atom is 0.325 e. The van der Waals surface area contributed by atoms with Crippen molar-refractivity contribution in [3.05, 3.63) is 0 Å². The van der Waals surface area contributed by atoms with Gasteiger partial charge in [0.1, 0.15) is 5.54 Å². The van der Waals surface area contributed by atoms with E-state index in [1.54, 1.807) is 6.92 Å². The highest BCUT2D eigenvalue weighted by atomic mass is 16.5. The van der Waals surface area contributed by atoms with Gasteiger partial charge in [-0.25, -0.2) is 4.79 Å². The molecular weight excluding hydrogens is 396 g/mol. The summed E-state index contributed by atoms with van der Waals surface area (Å²) >= 11 is 0. The lowest BCUT2D eigenvalue weighted by Gasteiger charge is -2.56. The number of ketones is 1. The van der Waals surface area contributed by atoms with Crippen molar-refractivity contribution in [2.24, 2.45) is 23.2 Å². The predicted molar refractivity (Wildman–Crippen MR) is 112 cm³/mol. The Labute approximate surface area is 183 Å². The maximum absolute atomic E-state index is 13.3. The van der Waals surface area contributed by atoms with Crippen molar-refractivity contribution >= 4 is 23.7 Å². The number of nitrogens with zero attached hydrogens (tertiary/aromatic N) is 1. The number of rotatable bonds is 6. The Morgan fingerprint density at radius 3 is 2.19 bits per heavy atom. The summed E-state index contributed by atoms with van der Waals surface area (Å²) in [4.78, 5) is 52.1. The van der Waals surface area contributed by atoms with E-state index in [0.29, 0.717) is 30.6 Å². The molecule has 170 valence electrons. The van der Waals surface area contributed by atoms with Gasteiger partial charge in [-0.15, -0.1) is 0 Å². The van der Waals surface area contributed by atoms with E-state index in [2.05, 4.69) is 5.32 Å². The van der Waals surface area contributed by atoms with E-state index < -0.39 is 23.6 Å². The highest BCUT2D eigenvalue weighted by Crippen LogP contribution is 2.60. The zero-order valence-corrected chi connectivity index (χ0v) is 18.5. The van der Waals surface area contributed by atoms with Gasteiger partial charge in [0, 0.05) is 12.0 Å². The third-order valence-corrected chi connectivity index (χ3v) is 8.73. The molecule has 1 N–H and O–H groups in total. The Balaban J connectivity index is 1.15. The van der Waals surface area contributed by atoms with Crippen molar-refractivity contribution in [2.75, 3.05) is 6.54 Å². The zero-order valence-electron chi connectivity index (χ0n) is 18.5. The van der Waals surface area contributed by atoms with Gasteiger partial charge in [-0.3, -0.25) is 19.3 Å². The molecule has 3 amide bonds. The van der Waals surface area contributed by atoms with Gasteiger partial charge in [0.05, 0.1) is 6.42 Å². The molecule has 1 unspecified atom stereocenters. The molecular formula is C24H34N2O5. The number of esters is 1. The van der Waals surface area contributed by atoms with Crippen molar-refractivity contribution in [3.63, 3.8) is 0 Å². The van der Waals surface area contributed by atoms with Crippen LogP contribution in [0.25, 0.3) is 0 Å². The molecule has 1 heterocycles. The summed E-state index contributed by atoms with van der Waals surface area (Å²) < 4.78 is 5.51. The Kier molecular flexibility index (Phi) is 5.13. The lowest BCUT2D eigenvalue weighted by molar-refractivity contribution is -0.165. The molecule has 7 nitrogen and oxygen atoms in total. The molecule has 7 heteroatoms. The minimum Gasteiger partial charge on any atom is -0.455 e. The Morgan fingerprint density at radius 1 is 1.03 bits per heavy atom. The molecule has 0 aromatic heterocycles. The fourth-order valence-corrected chi connectivity index (χ4v) is 7.73. The fourth-order valence-electron chi connectivity index (χ4n) is 7.73. The lowest BCUT2D eigenvalue weighted by Crippen LogP contribution is -2.52. The van der Waals surface area contributed by atoms with E-state index in [-0.39, 0.29) is 30.1 Å². The molecule has 0 aromatic carbocycles. The van der Waals surface area contributed by atoms with Crippen LogP contribution in [-0.2, 0) is 19.1 Å². The van der Waals surface area contributed by atoms with Crippen LogP contribution >= 0.6 is 0 Å². The molecule has 4 bridgehead atoms. The third kappa shape index (κ3) is 3.58. The normalized spacial score (nSPS) is 36.5. The van der Waals surface area contributed by atoms with Crippen LogP contribution in [0.1, 0.15) is 84.0 Å². The molecule has 6 fully saturated rings. The first-order valence-electron chi connectivity index (χ1n) is 12.2. The van der Waals surface area contributed by atoms with Crippen LogP contribution < -0.4 is 5.32 Å². The van der Waals surface area contributed by atoms with Crippen LogP contribution in [0.5, 0.6) is 0 Å². The zero-order chi connectivity index (χ0) is 21.8. The van der Waals surface area contributed by atoms with E-state index in [1.807, 2.05) is 0 Å². The van der Waals surface area contributed by atoms with Gasteiger partial charge >= 0.3 is 12.0 Å². The van der Waals surface area contributed by atoms with E-state index >= 15 is 0 Å². The minimum atomic E-state index is -0.777. The molecule has 31 heavy (non-hydrogen) atoms. The quantitative estimate of drug-likeness (QED) is 0.515. The summed E-state index contributed by atoms with van der Waals surface area (Å²) in [6.07, 6.45) is 10.0. The summed E-state index contributed by atoms with van der Waals surface area (Å²) in [6.45, 7) is 1.69. The monoisotopic (exact) mass is 430 g/mol. The first-order chi connectivity index (χ1) is 14.8. The van der Waals surface area contributed by atoms with Crippen LogP contribution in [0.15, 0.2) is 0 Å². The van der Waals surface area contributed by atoms with E-state index in [4.69, 9.17) is 4.74 Å². The second-order valence-electron chi connectivity index (χ2n) is 11.0. The van der Waals surface area contributed by atoms with E-state index in [9.17, 15) is 19.2 Å². The Bertz CT molecular complexity index is 765. The van der Waals surface area contributed by atoms with E-state index in [0.717, 1.165) is 43.4 Å². The van der Waals surface area contributed by atoms with Gasteiger partial charge in [0.25, 0.3) is 5.91 Å². The van der Waals surface area contributed by atoms with Crippen LogP contribution in [0.3, 0.4) is 0 Å². The van der Waals surface area contributed by atoms with Crippen LogP contribution in [0.2, 0.25) is 0 Å². The van der Waals surface area contributed by atoms with Gasteiger partial charge in [-0.1, -0.05) is 19.3 Å². The molecule has 1 aliphatic heterocycles. The minimum absolute atomic E-state index is 0.00350. The second-order valence-corrected chi connectivity index (χ2v) is 11.0. The largest absolute Gasteiger partial charge is 0.455 e. The number of imide groups is 1. The first kappa shape index (κ1) is 21.0. The van der Waals surface area contributed by atoms with Gasteiger partial charge in [-0.2, -0.15) is 0 Å². The van der Waals surface area contributed by atoms with Crippen molar-refractivity contribution < 1.29 is 23.9 Å². The van der Waals surface area contributed by atoms with Crippen molar-refractivity contribution in [1.29, 1.82) is 0 Å². The highest BCUT2D eigenvalue weighted by Gasteiger charge is 2.56. The predicted octanol–water partition coefficient (Wildman–Crippen LogP) is 3.35. The van der Waals surface area contributed by atoms with E-state index in [1.165, 1.54) is 19.3 Å². The smallest absolute Gasteiger partial charge is 0.325 e. The molecule has 5 aliphatic carbocycles. The summed E-state index contributed by atoms with van der Waals surface area (Å²) in [7, 11) is 0. The lowest BCUT2D eigenvalue weighted by atomic mass is 9.48. The number of nitrogens with one attached hydrogen (secondary N) is 1. The SMILES string of the molecule is CC(OC(=O)CCN1C(=O)NC2(CCCCC2)C1=O)C(=O)C12CC3CC(CC(C3)C1)C2. The Morgan fingerprint density at radius 2 is 1.61 bits per heavy atom. The number of amides is 3. The standard InChI is InChI=1S/C24H34N2O5/c1-15(20(28)23-12-16-9-17(13-23)11-18(10-16)14-23)31-19(27)5-8-26-21(29)24(25-22(26)30)6-3-2-4-7-24/h15-18H,2-14H2,1H3,(H,25,30). The average molecular weight is 431 g/mol. The van der Waals surface area contributed by atoms with Gasteiger partial charge in [0.2, 0.25) is 0 Å². The molecule has 5 saturated carbocycles.